The van der Waals surface area contributed by atoms with Crippen LogP contribution in [0.25, 0.3) is 0 Å². The lowest BCUT2D eigenvalue weighted by Crippen LogP contribution is -2.21. The first-order valence-electron chi connectivity index (χ1n) is 6.72. The largest absolute Gasteiger partial charge is 0.491 e. The Hall–Kier alpha value is -2.07. The normalized spacial score (nSPS) is 12.2. The molecule has 1 aromatic heterocycles. The summed E-state index contributed by atoms with van der Waals surface area (Å²) in [6, 6.07) is 11.0. The van der Waals surface area contributed by atoms with E-state index >= 15 is 0 Å². The van der Waals surface area contributed by atoms with E-state index in [1.807, 2.05) is 38.1 Å². The maximum Gasteiger partial charge on any atom is 0.250 e. The van der Waals surface area contributed by atoms with E-state index < -0.39 is 0 Å². The predicted octanol–water partition coefficient (Wildman–Crippen LogP) is 2.26. The number of ether oxygens (including phenoxy) is 1. The Balaban J connectivity index is 2.06. The molecule has 2 rings (SSSR count). The second-order valence-electron chi connectivity index (χ2n) is 4.91. The molecule has 0 spiro atoms. The standard InChI is InChI=1S/C16H20N2O2/c1-12-6-7-14(13(2)17)15(11-12)20-10-9-18-8-4-3-5-16(18)19/h3-8,11,13H,9-10,17H2,1-2H3/t13-/m0/s1. The zero-order chi connectivity index (χ0) is 14.5. The first-order valence-corrected chi connectivity index (χ1v) is 6.72. The van der Waals surface area contributed by atoms with Crippen molar-refractivity contribution in [1.29, 1.82) is 0 Å². The Bertz CT molecular complexity index is 632. The fourth-order valence-electron chi connectivity index (χ4n) is 2.04. The van der Waals surface area contributed by atoms with Gasteiger partial charge in [0.1, 0.15) is 12.4 Å². The van der Waals surface area contributed by atoms with Gasteiger partial charge in [0, 0.05) is 23.9 Å². The Labute approximate surface area is 118 Å². The summed E-state index contributed by atoms with van der Waals surface area (Å²) in [5, 5.41) is 0. The Kier molecular flexibility index (Phi) is 4.58. The maximum atomic E-state index is 11.6. The lowest BCUT2D eigenvalue weighted by atomic mass is 10.1. The number of nitrogens with two attached hydrogens (primary N) is 1. The summed E-state index contributed by atoms with van der Waals surface area (Å²) in [5.74, 6) is 0.795. The summed E-state index contributed by atoms with van der Waals surface area (Å²) in [6.07, 6.45) is 1.76. The molecule has 0 fully saturated rings. The summed E-state index contributed by atoms with van der Waals surface area (Å²) in [7, 11) is 0. The van der Waals surface area contributed by atoms with Crippen LogP contribution in [0.5, 0.6) is 5.75 Å². The second-order valence-corrected chi connectivity index (χ2v) is 4.91. The minimum Gasteiger partial charge on any atom is -0.491 e. The van der Waals surface area contributed by atoms with Crippen molar-refractivity contribution in [1.82, 2.24) is 4.57 Å². The van der Waals surface area contributed by atoms with E-state index in [4.69, 9.17) is 10.5 Å². The van der Waals surface area contributed by atoms with Gasteiger partial charge < -0.3 is 15.0 Å². The van der Waals surface area contributed by atoms with Crippen molar-refractivity contribution in [3.63, 3.8) is 0 Å². The summed E-state index contributed by atoms with van der Waals surface area (Å²) in [6.45, 7) is 4.90. The number of aryl methyl sites for hydroxylation is 1. The molecule has 4 nitrogen and oxygen atoms in total. The molecule has 2 N–H and O–H groups in total. The van der Waals surface area contributed by atoms with Gasteiger partial charge in [-0.3, -0.25) is 4.79 Å². The minimum absolute atomic E-state index is 0.0206. The van der Waals surface area contributed by atoms with Crippen LogP contribution in [-0.2, 0) is 6.54 Å². The van der Waals surface area contributed by atoms with Crippen LogP contribution >= 0.6 is 0 Å². The first-order chi connectivity index (χ1) is 9.58. The van der Waals surface area contributed by atoms with Crippen molar-refractivity contribution in [2.45, 2.75) is 26.4 Å². The molecule has 0 radical (unpaired) electrons. The topological polar surface area (TPSA) is 57.2 Å². The van der Waals surface area contributed by atoms with Gasteiger partial charge in [-0.1, -0.05) is 18.2 Å². The quantitative estimate of drug-likeness (QED) is 0.908. The van der Waals surface area contributed by atoms with Gasteiger partial charge in [-0.05, 0) is 31.5 Å². The second kappa shape index (κ2) is 6.39. The van der Waals surface area contributed by atoms with E-state index in [9.17, 15) is 4.79 Å². The molecule has 0 unspecified atom stereocenters. The van der Waals surface area contributed by atoms with Gasteiger partial charge in [-0.15, -0.1) is 0 Å². The average Bonchev–Trinajstić information content (AvgIpc) is 2.41. The molecule has 1 atom stereocenters. The molecule has 106 valence electrons. The minimum atomic E-state index is -0.0787. The molecule has 2 aromatic rings. The summed E-state index contributed by atoms with van der Waals surface area (Å²) in [4.78, 5) is 11.6. The van der Waals surface area contributed by atoms with E-state index in [0.717, 1.165) is 16.9 Å². The van der Waals surface area contributed by atoms with Crippen molar-refractivity contribution in [2.75, 3.05) is 6.61 Å². The van der Waals surface area contributed by atoms with E-state index in [1.165, 1.54) is 0 Å². The molecule has 0 aliphatic carbocycles. The fourth-order valence-corrected chi connectivity index (χ4v) is 2.04. The third kappa shape index (κ3) is 3.48. The highest BCUT2D eigenvalue weighted by Crippen LogP contribution is 2.25. The Morgan fingerprint density at radius 1 is 1.30 bits per heavy atom. The predicted molar refractivity (Wildman–Crippen MR) is 80.0 cm³/mol. The van der Waals surface area contributed by atoms with Gasteiger partial charge >= 0.3 is 0 Å². The van der Waals surface area contributed by atoms with Crippen LogP contribution in [0.4, 0.5) is 0 Å². The van der Waals surface area contributed by atoms with Crippen LogP contribution < -0.4 is 16.0 Å². The molecule has 0 saturated heterocycles. The molecule has 0 amide bonds. The van der Waals surface area contributed by atoms with E-state index in [2.05, 4.69) is 0 Å². The van der Waals surface area contributed by atoms with Crippen molar-refractivity contribution in [3.8, 4) is 5.75 Å². The molecule has 20 heavy (non-hydrogen) atoms. The van der Waals surface area contributed by atoms with Crippen LogP contribution in [0.15, 0.2) is 47.4 Å². The van der Waals surface area contributed by atoms with Crippen LogP contribution in [0.3, 0.4) is 0 Å². The van der Waals surface area contributed by atoms with E-state index in [0.29, 0.717) is 13.2 Å². The maximum absolute atomic E-state index is 11.6. The molecule has 0 aliphatic heterocycles. The van der Waals surface area contributed by atoms with Gasteiger partial charge in [0.25, 0.3) is 5.56 Å². The van der Waals surface area contributed by atoms with Crippen molar-refractivity contribution in [2.24, 2.45) is 5.73 Å². The number of benzene rings is 1. The van der Waals surface area contributed by atoms with Gasteiger partial charge in [0.05, 0.1) is 6.54 Å². The highest BCUT2D eigenvalue weighted by molar-refractivity contribution is 5.38. The molecule has 0 saturated carbocycles. The van der Waals surface area contributed by atoms with Crippen molar-refractivity contribution < 1.29 is 4.74 Å². The van der Waals surface area contributed by atoms with Crippen molar-refractivity contribution >= 4 is 0 Å². The molecule has 4 heteroatoms. The van der Waals surface area contributed by atoms with Gasteiger partial charge in [-0.2, -0.15) is 0 Å². The molecule has 0 aliphatic rings. The van der Waals surface area contributed by atoms with E-state index in [-0.39, 0.29) is 11.6 Å². The van der Waals surface area contributed by atoms with Gasteiger partial charge in [0.15, 0.2) is 0 Å². The van der Waals surface area contributed by atoms with Gasteiger partial charge in [-0.25, -0.2) is 0 Å². The summed E-state index contributed by atoms with van der Waals surface area (Å²) >= 11 is 0. The zero-order valence-electron chi connectivity index (χ0n) is 11.9. The highest BCUT2D eigenvalue weighted by atomic mass is 16.5. The third-order valence-corrected chi connectivity index (χ3v) is 3.15. The highest BCUT2D eigenvalue weighted by Gasteiger charge is 2.08. The Morgan fingerprint density at radius 3 is 2.80 bits per heavy atom. The summed E-state index contributed by atoms with van der Waals surface area (Å²) in [5.41, 5.74) is 8.02. The summed E-state index contributed by atoms with van der Waals surface area (Å²) < 4.78 is 7.42. The number of rotatable bonds is 5. The number of pyridine rings is 1. The monoisotopic (exact) mass is 272 g/mol. The molecular weight excluding hydrogens is 252 g/mol. The van der Waals surface area contributed by atoms with Crippen molar-refractivity contribution in [3.05, 3.63) is 64.1 Å². The lowest BCUT2D eigenvalue weighted by Gasteiger charge is -2.15. The third-order valence-electron chi connectivity index (χ3n) is 3.15. The van der Waals surface area contributed by atoms with Gasteiger partial charge in [0.2, 0.25) is 0 Å². The smallest absolute Gasteiger partial charge is 0.250 e. The van der Waals surface area contributed by atoms with Crippen LogP contribution in [-0.4, -0.2) is 11.2 Å². The van der Waals surface area contributed by atoms with E-state index in [1.54, 1.807) is 22.9 Å². The van der Waals surface area contributed by atoms with Crippen LogP contribution in [0.1, 0.15) is 24.1 Å². The molecular formula is C16H20N2O2. The molecule has 0 bridgehead atoms. The molecule has 1 aromatic carbocycles. The number of hydrogen-bond acceptors (Lipinski definition) is 3. The molecule has 1 heterocycles. The number of nitrogens with zero attached hydrogens (tertiary/aromatic N) is 1. The first kappa shape index (κ1) is 14.3. The van der Waals surface area contributed by atoms with Crippen LogP contribution in [0, 0.1) is 6.92 Å². The van der Waals surface area contributed by atoms with Crippen LogP contribution in [0.2, 0.25) is 0 Å². The number of aromatic nitrogens is 1. The lowest BCUT2D eigenvalue weighted by molar-refractivity contribution is 0.292. The fraction of sp³-hybridized carbons (Fsp3) is 0.312. The average molecular weight is 272 g/mol. The SMILES string of the molecule is Cc1ccc([C@H](C)N)c(OCCn2ccccc2=O)c1. The Morgan fingerprint density at radius 2 is 2.10 bits per heavy atom. The zero-order valence-corrected chi connectivity index (χ0v) is 11.9. The number of hydrogen-bond donors (Lipinski definition) is 1.